The minimum Gasteiger partial charge on any atom is -0.454 e. The van der Waals surface area contributed by atoms with Crippen LogP contribution in [0.3, 0.4) is 0 Å². The second-order valence-electron chi connectivity index (χ2n) is 7.74. The molecule has 0 atom stereocenters. The molecule has 0 bridgehead atoms. The van der Waals surface area contributed by atoms with Gasteiger partial charge in [0.1, 0.15) is 0 Å². The third-order valence-electron chi connectivity index (χ3n) is 5.30. The summed E-state index contributed by atoms with van der Waals surface area (Å²) in [6.45, 7) is 8.23. The van der Waals surface area contributed by atoms with E-state index in [0.717, 1.165) is 5.56 Å². The van der Waals surface area contributed by atoms with Crippen molar-refractivity contribution in [2.45, 2.75) is 45.2 Å². The molecule has 1 fully saturated rings. The normalized spacial score (nSPS) is 19.9. The number of fused-ring (bicyclic) bond motifs is 1. The summed E-state index contributed by atoms with van der Waals surface area (Å²) in [7, 11) is 0. The lowest BCUT2D eigenvalue weighted by Gasteiger charge is -2.30. The molecule has 0 radical (unpaired) electrons. The quantitative estimate of drug-likeness (QED) is 0.875. The Hall–Kier alpha value is -2.57. The van der Waals surface area contributed by atoms with E-state index in [1.54, 1.807) is 18.2 Å². The maximum atomic E-state index is 12.6. The van der Waals surface area contributed by atoms with Crippen molar-refractivity contribution in [1.82, 2.24) is 0 Å². The van der Waals surface area contributed by atoms with Gasteiger partial charge in [-0.2, -0.15) is 0 Å². The number of ether oxygens (including phenoxy) is 4. The molecule has 1 N–H and O–H groups in total. The average molecular weight is 369 g/mol. The first kappa shape index (κ1) is 17.8. The van der Waals surface area contributed by atoms with Gasteiger partial charge in [0, 0.05) is 16.8 Å². The highest BCUT2D eigenvalue weighted by Gasteiger charge is 2.49. The van der Waals surface area contributed by atoms with Crippen molar-refractivity contribution in [3.8, 4) is 11.5 Å². The molecule has 27 heavy (non-hydrogen) atoms. The molecule has 2 aliphatic heterocycles. The topological polar surface area (TPSA) is 66.0 Å². The van der Waals surface area contributed by atoms with Crippen LogP contribution >= 0.6 is 0 Å². The van der Waals surface area contributed by atoms with Crippen LogP contribution in [0.1, 0.15) is 49.9 Å². The predicted molar refractivity (Wildman–Crippen MR) is 100 cm³/mol. The summed E-state index contributed by atoms with van der Waals surface area (Å²) in [6, 6.07) is 12.6. The first-order chi connectivity index (χ1) is 12.7. The number of carbonyl (C=O) groups excluding carboxylic acids is 1. The summed E-state index contributed by atoms with van der Waals surface area (Å²) in [5.74, 6) is 1.00. The number of rotatable bonds is 3. The molecule has 6 heteroatoms. The number of anilines is 1. The van der Waals surface area contributed by atoms with Gasteiger partial charge in [-0.3, -0.25) is 4.79 Å². The van der Waals surface area contributed by atoms with Crippen LogP contribution in [0.5, 0.6) is 11.5 Å². The first-order valence-electron chi connectivity index (χ1n) is 8.92. The zero-order valence-electron chi connectivity index (χ0n) is 15.9. The Morgan fingerprint density at radius 3 is 2.41 bits per heavy atom. The van der Waals surface area contributed by atoms with Crippen LogP contribution in [0.25, 0.3) is 0 Å². The fourth-order valence-electron chi connectivity index (χ4n) is 2.98. The Labute approximate surface area is 158 Å². The van der Waals surface area contributed by atoms with Crippen molar-refractivity contribution in [1.29, 1.82) is 0 Å². The average Bonchev–Trinajstić information content (AvgIpc) is 3.16. The van der Waals surface area contributed by atoms with Crippen LogP contribution in [-0.2, 0) is 9.47 Å². The summed E-state index contributed by atoms with van der Waals surface area (Å²) in [6.07, 6.45) is -0.475. The van der Waals surface area contributed by atoms with E-state index in [0.29, 0.717) is 22.7 Å². The van der Waals surface area contributed by atoms with E-state index < -0.39 is 17.5 Å². The Balaban J connectivity index is 1.51. The third kappa shape index (κ3) is 3.26. The van der Waals surface area contributed by atoms with Gasteiger partial charge in [0.2, 0.25) is 6.79 Å². The third-order valence-corrected chi connectivity index (χ3v) is 5.30. The number of benzene rings is 2. The van der Waals surface area contributed by atoms with E-state index in [9.17, 15) is 4.79 Å². The van der Waals surface area contributed by atoms with Gasteiger partial charge in [-0.05, 0) is 58.0 Å². The Morgan fingerprint density at radius 1 is 0.963 bits per heavy atom. The van der Waals surface area contributed by atoms with Crippen molar-refractivity contribution in [3.05, 3.63) is 53.6 Å². The standard InChI is InChI=1S/C21H23NO5/c1-20(2)21(3,4)27-19(26-20)14-6-5-7-15(10-14)22-18(23)13-8-9-16-17(11-13)25-12-24-16/h5-11,19H,12H2,1-4H3,(H,22,23). The molecule has 2 heterocycles. The largest absolute Gasteiger partial charge is 0.454 e. The molecule has 6 nitrogen and oxygen atoms in total. The molecule has 2 aromatic carbocycles. The number of nitrogens with one attached hydrogen (secondary N) is 1. The van der Waals surface area contributed by atoms with Gasteiger partial charge in [0.25, 0.3) is 5.91 Å². The van der Waals surface area contributed by atoms with Crippen molar-refractivity contribution in [2.75, 3.05) is 12.1 Å². The molecule has 0 unspecified atom stereocenters. The van der Waals surface area contributed by atoms with Gasteiger partial charge in [-0.25, -0.2) is 0 Å². The predicted octanol–water partition coefficient (Wildman–Crippen LogP) is 4.27. The number of carbonyl (C=O) groups is 1. The van der Waals surface area contributed by atoms with Crippen LogP contribution in [0.4, 0.5) is 5.69 Å². The second-order valence-corrected chi connectivity index (χ2v) is 7.74. The van der Waals surface area contributed by atoms with E-state index in [1.165, 1.54) is 0 Å². The molecule has 2 aliphatic rings. The highest BCUT2D eigenvalue weighted by molar-refractivity contribution is 6.04. The summed E-state index contributed by atoms with van der Waals surface area (Å²) >= 11 is 0. The fourth-order valence-corrected chi connectivity index (χ4v) is 2.98. The Bertz CT molecular complexity index is 874. The maximum Gasteiger partial charge on any atom is 0.255 e. The number of amides is 1. The number of hydrogen-bond donors (Lipinski definition) is 1. The van der Waals surface area contributed by atoms with Crippen LogP contribution in [0.15, 0.2) is 42.5 Å². The van der Waals surface area contributed by atoms with Gasteiger partial charge in [0.05, 0.1) is 11.2 Å². The first-order valence-corrected chi connectivity index (χ1v) is 8.92. The van der Waals surface area contributed by atoms with Gasteiger partial charge >= 0.3 is 0 Å². The minimum atomic E-state index is -0.475. The molecule has 0 aromatic heterocycles. The molecule has 0 spiro atoms. The van der Waals surface area contributed by atoms with E-state index >= 15 is 0 Å². The zero-order chi connectivity index (χ0) is 19.2. The number of hydrogen-bond acceptors (Lipinski definition) is 5. The lowest BCUT2D eigenvalue weighted by Crippen LogP contribution is -2.41. The van der Waals surface area contributed by atoms with Crippen molar-refractivity contribution < 1.29 is 23.7 Å². The summed E-state index contributed by atoms with van der Waals surface area (Å²) in [4.78, 5) is 12.6. The Kier molecular flexibility index (Phi) is 4.13. The maximum absolute atomic E-state index is 12.6. The van der Waals surface area contributed by atoms with E-state index in [2.05, 4.69) is 5.32 Å². The molecule has 0 aliphatic carbocycles. The smallest absolute Gasteiger partial charge is 0.255 e. The molecular formula is C21H23NO5. The van der Waals surface area contributed by atoms with Crippen LogP contribution in [-0.4, -0.2) is 23.9 Å². The summed E-state index contributed by atoms with van der Waals surface area (Å²) in [5, 5.41) is 2.91. The monoisotopic (exact) mass is 369 g/mol. The van der Waals surface area contributed by atoms with E-state index in [1.807, 2.05) is 52.0 Å². The second kappa shape index (κ2) is 6.25. The zero-order valence-corrected chi connectivity index (χ0v) is 15.9. The van der Waals surface area contributed by atoms with E-state index in [4.69, 9.17) is 18.9 Å². The van der Waals surface area contributed by atoms with Gasteiger partial charge in [-0.15, -0.1) is 0 Å². The molecule has 0 saturated carbocycles. The molecule has 142 valence electrons. The molecule has 1 amide bonds. The SMILES string of the molecule is CC1(C)OC(c2cccc(NC(=O)c3ccc4c(c3)OCO4)c2)OC1(C)C. The lowest BCUT2D eigenvalue weighted by molar-refractivity contribution is -0.0895. The van der Waals surface area contributed by atoms with Gasteiger partial charge < -0.3 is 24.3 Å². The lowest BCUT2D eigenvalue weighted by atomic mass is 9.90. The van der Waals surface area contributed by atoms with Crippen LogP contribution in [0.2, 0.25) is 0 Å². The van der Waals surface area contributed by atoms with Crippen molar-refractivity contribution in [2.24, 2.45) is 0 Å². The summed E-state index contributed by atoms with van der Waals surface area (Å²) in [5.41, 5.74) is 1.20. The molecule has 2 aromatic rings. The van der Waals surface area contributed by atoms with Crippen molar-refractivity contribution in [3.63, 3.8) is 0 Å². The summed E-state index contributed by atoms with van der Waals surface area (Å²) < 4.78 is 22.8. The fraction of sp³-hybridized carbons (Fsp3) is 0.381. The highest BCUT2D eigenvalue weighted by Crippen LogP contribution is 2.45. The van der Waals surface area contributed by atoms with Crippen molar-refractivity contribution >= 4 is 11.6 Å². The van der Waals surface area contributed by atoms with Gasteiger partial charge in [-0.1, -0.05) is 12.1 Å². The molecular weight excluding hydrogens is 346 g/mol. The molecule has 4 rings (SSSR count). The minimum absolute atomic E-state index is 0.177. The Morgan fingerprint density at radius 2 is 1.67 bits per heavy atom. The van der Waals surface area contributed by atoms with Crippen LogP contribution in [0, 0.1) is 0 Å². The van der Waals surface area contributed by atoms with Gasteiger partial charge in [0.15, 0.2) is 17.8 Å². The van der Waals surface area contributed by atoms with Crippen LogP contribution < -0.4 is 14.8 Å². The van der Waals surface area contributed by atoms with E-state index in [-0.39, 0.29) is 12.7 Å². The highest BCUT2D eigenvalue weighted by atomic mass is 16.7. The molecule has 1 saturated heterocycles.